The van der Waals surface area contributed by atoms with Gasteiger partial charge in [0.25, 0.3) is 0 Å². The third-order valence-corrected chi connectivity index (χ3v) is 2.16. The van der Waals surface area contributed by atoms with Gasteiger partial charge in [-0.3, -0.25) is 0 Å². The van der Waals surface area contributed by atoms with Crippen LogP contribution >= 0.6 is 0 Å². The Kier molecular flexibility index (Phi) is 9.28. The minimum Gasteiger partial charge on any atom is -0.761 e. The van der Waals surface area contributed by atoms with E-state index in [1.54, 1.807) is 25.1 Å². The van der Waals surface area contributed by atoms with Crippen molar-refractivity contribution in [1.82, 2.24) is 0 Å². The number of esters is 1. The van der Waals surface area contributed by atoms with Crippen LogP contribution in [0.15, 0.2) is 40.9 Å². The number of anilines is 1. The fourth-order valence-corrected chi connectivity index (χ4v) is 1.35. The number of hydrogen-bond donors (Lipinski definition) is 1. The summed E-state index contributed by atoms with van der Waals surface area (Å²) in [6.45, 7) is 1.87. The normalized spacial score (nSPS) is 10.4. The first-order valence-corrected chi connectivity index (χ1v) is 5.40. The van der Waals surface area contributed by atoms with E-state index in [1.165, 1.54) is 0 Å². The molecule has 0 aliphatic rings. The van der Waals surface area contributed by atoms with Crippen LogP contribution < -0.4 is 56.7 Å². The van der Waals surface area contributed by atoms with Crippen LogP contribution in [-0.4, -0.2) is 12.6 Å². The SMILES string of the molecule is CCOC(=O)/C(C#N)=C(\[S-])Nc1ccccc1.[K+]. The number of benzene rings is 1. The number of rotatable bonds is 4. The van der Waals surface area contributed by atoms with Crippen LogP contribution in [0.5, 0.6) is 0 Å². The van der Waals surface area contributed by atoms with Crippen LogP contribution in [0.25, 0.3) is 0 Å². The minimum absolute atomic E-state index is 0. The third-order valence-electron chi connectivity index (χ3n) is 1.85. The number of nitriles is 1. The Morgan fingerprint density at radius 1 is 1.44 bits per heavy atom. The van der Waals surface area contributed by atoms with Gasteiger partial charge in [-0.25, -0.2) is 4.79 Å². The molecule has 0 amide bonds. The summed E-state index contributed by atoms with van der Waals surface area (Å²) in [4.78, 5) is 11.4. The van der Waals surface area contributed by atoms with Crippen molar-refractivity contribution in [3.05, 3.63) is 40.9 Å². The summed E-state index contributed by atoms with van der Waals surface area (Å²) >= 11 is 4.98. The van der Waals surface area contributed by atoms with Crippen LogP contribution in [0.4, 0.5) is 5.69 Å². The van der Waals surface area contributed by atoms with Gasteiger partial charge < -0.3 is 22.7 Å². The molecule has 18 heavy (non-hydrogen) atoms. The molecule has 0 atom stereocenters. The molecule has 0 fully saturated rings. The van der Waals surface area contributed by atoms with Gasteiger partial charge in [-0.05, 0) is 19.1 Å². The van der Waals surface area contributed by atoms with E-state index in [-0.39, 0.29) is 68.6 Å². The first-order valence-electron chi connectivity index (χ1n) is 4.99. The molecule has 0 saturated heterocycles. The summed E-state index contributed by atoms with van der Waals surface area (Å²) in [6, 6.07) is 10.8. The Morgan fingerprint density at radius 3 is 2.56 bits per heavy atom. The number of nitrogens with zero attached hydrogens (tertiary/aromatic N) is 1. The minimum atomic E-state index is -0.705. The molecule has 0 unspecified atom stereocenters. The molecule has 0 saturated carbocycles. The number of ether oxygens (including phenoxy) is 1. The molecule has 88 valence electrons. The Labute approximate surface area is 154 Å². The molecule has 6 heteroatoms. The van der Waals surface area contributed by atoms with Crippen molar-refractivity contribution < 1.29 is 60.9 Å². The van der Waals surface area contributed by atoms with Gasteiger partial charge in [-0.1, -0.05) is 23.2 Å². The zero-order valence-electron chi connectivity index (χ0n) is 10.3. The van der Waals surface area contributed by atoms with Crippen molar-refractivity contribution in [3.8, 4) is 6.07 Å². The average Bonchev–Trinajstić information content (AvgIpc) is 2.31. The molecule has 1 rings (SSSR count). The number of hydrogen-bond acceptors (Lipinski definition) is 5. The maximum absolute atomic E-state index is 11.4. The molecule has 1 N–H and O–H groups in total. The number of carbonyl (C=O) groups is 1. The maximum Gasteiger partial charge on any atom is 1.00 e. The van der Waals surface area contributed by atoms with Gasteiger partial charge >= 0.3 is 57.4 Å². The predicted octanol–water partition coefficient (Wildman–Crippen LogP) is -1.05. The molecule has 0 radical (unpaired) electrons. The van der Waals surface area contributed by atoms with Crippen molar-refractivity contribution in [3.63, 3.8) is 0 Å². The molecule has 0 aliphatic carbocycles. The monoisotopic (exact) mass is 286 g/mol. The van der Waals surface area contributed by atoms with Gasteiger partial charge in [0.2, 0.25) is 0 Å². The Bertz CT molecular complexity index is 469. The van der Waals surface area contributed by atoms with E-state index in [9.17, 15) is 4.79 Å². The number of carbonyl (C=O) groups excluding carboxylic acids is 1. The summed E-state index contributed by atoms with van der Waals surface area (Å²) < 4.78 is 4.73. The van der Waals surface area contributed by atoms with Crippen molar-refractivity contribution in [2.45, 2.75) is 6.92 Å². The van der Waals surface area contributed by atoms with Crippen molar-refractivity contribution >= 4 is 24.3 Å². The van der Waals surface area contributed by atoms with Crippen LogP contribution in [0.3, 0.4) is 0 Å². The quantitative estimate of drug-likeness (QED) is 0.252. The number of nitrogens with one attached hydrogen (secondary N) is 1. The summed E-state index contributed by atoms with van der Waals surface area (Å²) in [5.41, 5.74) is 0.528. The molecule has 4 nitrogen and oxygen atoms in total. The van der Waals surface area contributed by atoms with E-state index in [0.29, 0.717) is 0 Å². The van der Waals surface area contributed by atoms with Crippen molar-refractivity contribution in [2.24, 2.45) is 0 Å². The van der Waals surface area contributed by atoms with Crippen LogP contribution in [0, 0.1) is 11.3 Å². The average molecular weight is 286 g/mol. The Balaban J connectivity index is 0.00000289. The summed E-state index contributed by atoms with van der Waals surface area (Å²) in [7, 11) is 0. The van der Waals surface area contributed by atoms with E-state index < -0.39 is 5.97 Å². The molecular weight excluding hydrogens is 275 g/mol. The molecule has 0 aliphatic heterocycles. The van der Waals surface area contributed by atoms with Crippen LogP contribution in [-0.2, 0) is 22.2 Å². The fourth-order valence-electron chi connectivity index (χ4n) is 1.11. The van der Waals surface area contributed by atoms with E-state index in [2.05, 4.69) is 5.32 Å². The van der Waals surface area contributed by atoms with E-state index in [1.807, 2.05) is 18.2 Å². The molecule has 0 bridgehead atoms. The van der Waals surface area contributed by atoms with Gasteiger partial charge in [-0.2, -0.15) is 5.26 Å². The van der Waals surface area contributed by atoms with Crippen LogP contribution in [0.1, 0.15) is 6.92 Å². The molecule has 1 aromatic carbocycles. The van der Waals surface area contributed by atoms with Gasteiger partial charge in [0.1, 0.15) is 11.6 Å². The third kappa shape index (κ3) is 5.48. The van der Waals surface area contributed by atoms with E-state index >= 15 is 0 Å². The first-order chi connectivity index (χ1) is 8.19. The first kappa shape index (κ1) is 17.6. The topological polar surface area (TPSA) is 62.1 Å². The van der Waals surface area contributed by atoms with Crippen molar-refractivity contribution in [2.75, 3.05) is 11.9 Å². The standard InChI is InChI=1S/C12H12N2O2S.K/c1-2-16-12(15)10(8-13)11(17)14-9-6-4-3-5-7-9;/h3-7,14,17H,2H2,1H3;/q;+1/p-1/b11-10-;. The number of para-hydroxylation sites is 1. The summed E-state index contributed by atoms with van der Waals surface area (Å²) in [5.74, 6) is -0.705. The van der Waals surface area contributed by atoms with Gasteiger partial charge in [-0.15, -0.1) is 0 Å². The van der Waals surface area contributed by atoms with Gasteiger partial charge in [0.15, 0.2) is 0 Å². The molecule has 1 aromatic rings. The smallest absolute Gasteiger partial charge is 0.761 e. The summed E-state index contributed by atoms with van der Waals surface area (Å²) in [5, 5.41) is 11.7. The Morgan fingerprint density at radius 2 is 2.06 bits per heavy atom. The largest absolute Gasteiger partial charge is 1.00 e. The fraction of sp³-hybridized carbons (Fsp3) is 0.167. The molecule has 0 aromatic heterocycles. The molecular formula is C12H11KN2O2S. The zero-order chi connectivity index (χ0) is 12.7. The van der Waals surface area contributed by atoms with Gasteiger partial charge in [0, 0.05) is 5.69 Å². The zero-order valence-corrected chi connectivity index (χ0v) is 14.2. The van der Waals surface area contributed by atoms with Crippen molar-refractivity contribution in [1.29, 1.82) is 5.26 Å². The van der Waals surface area contributed by atoms with E-state index in [0.717, 1.165) is 5.69 Å². The second-order valence-electron chi connectivity index (χ2n) is 3.03. The second-order valence-corrected chi connectivity index (χ2v) is 3.44. The summed E-state index contributed by atoms with van der Waals surface area (Å²) in [6.07, 6.45) is 0. The van der Waals surface area contributed by atoms with Crippen LogP contribution in [0.2, 0.25) is 0 Å². The van der Waals surface area contributed by atoms with E-state index in [4.69, 9.17) is 22.6 Å². The van der Waals surface area contributed by atoms with Gasteiger partial charge in [0.05, 0.1) is 6.61 Å². The molecule has 0 heterocycles. The molecule has 0 spiro atoms. The Hall–Kier alpha value is -0.424. The predicted molar refractivity (Wildman–Crippen MR) is 66.7 cm³/mol. The maximum atomic E-state index is 11.4. The second kappa shape index (κ2) is 9.50.